The van der Waals surface area contributed by atoms with Crippen molar-refractivity contribution < 1.29 is 9.21 Å². The summed E-state index contributed by atoms with van der Waals surface area (Å²) in [5, 5.41) is 5.66. The summed E-state index contributed by atoms with van der Waals surface area (Å²) in [5.74, 6) is 0.640. The molecule has 2 aromatic carbocycles. The number of carbonyl (C=O) groups excluding carboxylic acids is 1. The van der Waals surface area contributed by atoms with E-state index < -0.39 is 0 Å². The van der Waals surface area contributed by atoms with Crippen LogP contribution in [0.3, 0.4) is 0 Å². The van der Waals surface area contributed by atoms with Gasteiger partial charge in [0.2, 0.25) is 0 Å². The maximum Gasteiger partial charge on any atom is 0.315 e. The fourth-order valence-corrected chi connectivity index (χ4v) is 2.22. The number of urea groups is 1. The predicted octanol–water partition coefficient (Wildman–Crippen LogP) is 3.14. The average molecular weight is 295 g/mol. The summed E-state index contributed by atoms with van der Waals surface area (Å²) < 4.78 is 5.43. The average Bonchev–Trinajstić information content (AvgIpc) is 2.91. The molecule has 2 N–H and O–H groups in total. The third kappa shape index (κ3) is 3.44. The highest BCUT2D eigenvalue weighted by Crippen LogP contribution is 2.16. The predicted molar refractivity (Wildman–Crippen MR) is 84.3 cm³/mol. The Hall–Kier alpha value is -2.82. The van der Waals surface area contributed by atoms with Crippen LogP contribution in [0.5, 0.6) is 0 Å². The highest BCUT2D eigenvalue weighted by atomic mass is 16.3. The van der Waals surface area contributed by atoms with E-state index in [0.29, 0.717) is 19.0 Å². The summed E-state index contributed by atoms with van der Waals surface area (Å²) >= 11 is 0. The molecule has 3 rings (SSSR count). The molecule has 0 aliphatic heterocycles. The molecule has 1 heterocycles. The number of oxazole rings is 1. The monoisotopic (exact) mass is 295 g/mol. The lowest BCUT2D eigenvalue weighted by Crippen LogP contribution is -2.34. The quantitative estimate of drug-likeness (QED) is 0.777. The molecule has 0 radical (unpaired) electrons. The van der Waals surface area contributed by atoms with E-state index in [1.54, 1.807) is 0 Å². The third-order valence-corrected chi connectivity index (χ3v) is 3.31. The van der Waals surface area contributed by atoms with Gasteiger partial charge in [0, 0.05) is 20.0 Å². The van der Waals surface area contributed by atoms with Gasteiger partial charge in [-0.1, -0.05) is 36.4 Å². The van der Waals surface area contributed by atoms with Gasteiger partial charge in [-0.25, -0.2) is 9.78 Å². The molecule has 0 unspecified atom stereocenters. The van der Waals surface area contributed by atoms with Crippen molar-refractivity contribution in [3.05, 3.63) is 65.5 Å². The Bertz CT molecular complexity index is 781. The van der Waals surface area contributed by atoms with E-state index in [2.05, 4.69) is 15.6 Å². The first-order chi connectivity index (χ1) is 10.7. The van der Waals surface area contributed by atoms with E-state index in [1.165, 1.54) is 0 Å². The molecule has 0 aliphatic rings. The maximum absolute atomic E-state index is 11.8. The molecule has 0 spiro atoms. The summed E-state index contributed by atoms with van der Waals surface area (Å²) in [6, 6.07) is 15.3. The molecule has 1 aromatic heterocycles. The van der Waals surface area contributed by atoms with Crippen molar-refractivity contribution in [3.8, 4) is 0 Å². The second kappa shape index (κ2) is 6.30. The molecule has 0 fully saturated rings. The zero-order valence-corrected chi connectivity index (χ0v) is 12.3. The molecule has 3 aromatic rings. The number of hydrogen-bond acceptors (Lipinski definition) is 3. The van der Waals surface area contributed by atoms with Crippen molar-refractivity contribution in [1.82, 2.24) is 15.6 Å². The molecular weight excluding hydrogens is 278 g/mol. The number of nitrogens with zero attached hydrogens (tertiary/aromatic N) is 1. The molecule has 0 saturated carbocycles. The van der Waals surface area contributed by atoms with Crippen molar-refractivity contribution in [1.29, 1.82) is 0 Å². The molecular formula is C17H17N3O2. The van der Waals surface area contributed by atoms with Gasteiger partial charge in [0.25, 0.3) is 0 Å². The van der Waals surface area contributed by atoms with Gasteiger partial charge in [0.1, 0.15) is 5.52 Å². The summed E-state index contributed by atoms with van der Waals surface area (Å²) in [5.41, 5.74) is 3.61. The lowest BCUT2D eigenvalue weighted by atomic mass is 10.2. The fraction of sp³-hybridized carbons (Fsp3) is 0.176. The van der Waals surface area contributed by atoms with Crippen molar-refractivity contribution >= 4 is 17.1 Å². The minimum atomic E-state index is -0.194. The second-order valence-electron chi connectivity index (χ2n) is 5.06. The molecule has 0 bridgehead atoms. The number of fused-ring (bicyclic) bond motifs is 1. The zero-order valence-electron chi connectivity index (χ0n) is 12.3. The van der Waals surface area contributed by atoms with E-state index in [-0.39, 0.29) is 6.03 Å². The highest BCUT2D eigenvalue weighted by molar-refractivity contribution is 5.75. The number of benzene rings is 2. The first-order valence-corrected chi connectivity index (χ1v) is 7.12. The van der Waals surface area contributed by atoms with Gasteiger partial charge >= 0.3 is 6.03 Å². The van der Waals surface area contributed by atoms with Gasteiger partial charge < -0.3 is 15.1 Å². The molecule has 0 atom stereocenters. The van der Waals surface area contributed by atoms with Crippen LogP contribution in [0.1, 0.15) is 17.0 Å². The summed E-state index contributed by atoms with van der Waals surface area (Å²) in [6.45, 7) is 2.77. The van der Waals surface area contributed by atoms with Gasteiger partial charge in [0.05, 0.1) is 0 Å². The standard InChI is InChI=1S/C17H17N3O2/c1-12-20-15-9-14(7-8-16(15)22-12)11-19-17(21)18-10-13-5-3-2-4-6-13/h2-9H,10-11H2,1H3,(H2,18,19,21). The summed E-state index contributed by atoms with van der Waals surface area (Å²) in [4.78, 5) is 16.1. The molecule has 5 heteroatoms. The molecule has 5 nitrogen and oxygen atoms in total. The van der Waals surface area contributed by atoms with Crippen LogP contribution in [-0.2, 0) is 13.1 Å². The molecule has 0 saturated heterocycles. The minimum Gasteiger partial charge on any atom is -0.441 e. The van der Waals surface area contributed by atoms with E-state index in [9.17, 15) is 4.79 Å². The fourth-order valence-electron chi connectivity index (χ4n) is 2.22. The second-order valence-corrected chi connectivity index (χ2v) is 5.06. The van der Waals surface area contributed by atoms with Crippen LogP contribution in [0.15, 0.2) is 52.9 Å². The normalized spacial score (nSPS) is 10.6. The van der Waals surface area contributed by atoms with Gasteiger partial charge in [-0.3, -0.25) is 0 Å². The van der Waals surface area contributed by atoms with E-state index in [1.807, 2.05) is 55.5 Å². The highest BCUT2D eigenvalue weighted by Gasteiger charge is 2.05. The third-order valence-electron chi connectivity index (χ3n) is 3.31. The lowest BCUT2D eigenvalue weighted by molar-refractivity contribution is 0.240. The molecule has 0 aliphatic carbocycles. The van der Waals surface area contributed by atoms with Crippen LogP contribution in [0.2, 0.25) is 0 Å². The Morgan fingerprint density at radius 3 is 2.55 bits per heavy atom. The van der Waals surface area contributed by atoms with Gasteiger partial charge in [-0.05, 0) is 23.3 Å². The largest absolute Gasteiger partial charge is 0.441 e. The number of nitrogens with one attached hydrogen (secondary N) is 2. The Labute approximate surface area is 128 Å². The van der Waals surface area contributed by atoms with E-state index in [4.69, 9.17) is 4.42 Å². The van der Waals surface area contributed by atoms with E-state index >= 15 is 0 Å². The van der Waals surface area contributed by atoms with Crippen molar-refractivity contribution in [2.45, 2.75) is 20.0 Å². The maximum atomic E-state index is 11.8. The van der Waals surface area contributed by atoms with Crippen LogP contribution >= 0.6 is 0 Å². The smallest absolute Gasteiger partial charge is 0.315 e. The van der Waals surface area contributed by atoms with Crippen molar-refractivity contribution in [2.75, 3.05) is 0 Å². The first-order valence-electron chi connectivity index (χ1n) is 7.12. The Balaban J connectivity index is 1.53. The summed E-state index contributed by atoms with van der Waals surface area (Å²) in [6.07, 6.45) is 0. The minimum absolute atomic E-state index is 0.194. The molecule has 112 valence electrons. The Kier molecular flexibility index (Phi) is 4.05. The van der Waals surface area contributed by atoms with Gasteiger partial charge in [0.15, 0.2) is 11.5 Å². The zero-order chi connectivity index (χ0) is 15.4. The summed E-state index contributed by atoms with van der Waals surface area (Å²) in [7, 11) is 0. The van der Waals surface area contributed by atoms with Crippen LogP contribution in [0, 0.1) is 6.92 Å². The van der Waals surface area contributed by atoms with Crippen LogP contribution in [0.25, 0.3) is 11.1 Å². The van der Waals surface area contributed by atoms with Gasteiger partial charge in [-0.15, -0.1) is 0 Å². The topological polar surface area (TPSA) is 67.2 Å². The van der Waals surface area contributed by atoms with Crippen LogP contribution in [-0.4, -0.2) is 11.0 Å². The molecule has 2 amide bonds. The number of rotatable bonds is 4. The lowest BCUT2D eigenvalue weighted by Gasteiger charge is -2.07. The van der Waals surface area contributed by atoms with Crippen LogP contribution < -0.4 is 10.6 Å². The van der Waals surface area contributed by atoms with Crippen molar-refractivity contribution in [3.63, 3.8) is 0 Å². The number of aryl methyl sites for hydroxylation is 1. The number of aromatic nitrogens is 1. The molecule has 22 heavy (non-hydrogen) atoms. The van der Waals surface area contributed by atoms with Crippen LogP contribution in [0.4, 0.5) is 4.79 Å². The SMILES string of the molecule is Cc1nc2cc(CNC(=O)NCc3ccccc3)ccc2o1. The first kappa shape index (κ1) is 14.1. The number of amides is 2. The van der Waals surface area contributed by atoms with Gasteiger partial charge in [-0.2, -0.15) is 0 Å². The number of carbonyl (C=O) groups is 1. The Morgan fingerprint density at radius 2 is 1.77 bits per heavy atom. The van der Waals surface area contributed by atoms with E-state index in [0.717, 1.165) is 22.2 Å². The van der Waals surface area contributed by atoms with Crippen molar-refractivity contribution in [2.24, 2.45) is 0 Å². The number of hydrogen-bond donors (Lipinski definition) is 2. The Morgan fingerprint density at radius 1 is 1.05 bits per heavy atom.